The molecule has 2 nitrogen and oxygen atoms in total. The summed E-state index contributed by atoms with van der Waals surface area (Å²) in [5, 5.41) is 0. The SMILES string of the molecule is CC1(Cl)c2cc(/C=C/c3ccc(N(c4ccccc4)c4ccccc4)cc3)ccc2-c2ccc(N(c3ccccc3)c3ccccc3)cc21. The molecular formula is C46H35ClN2. The number of anilines is 6. The van der Waals surface area contributed by atoms with Crippen molar-refractivity contribution in [3.63, 3.8) is 0 Å². The number of alkyl halides is 1. The van der Waals surface area contributed by atoms with Crippen molar-refractivity contribution in [1.82, 2.24) is 0 Å². The van der Waals surface area contributed by atoms with E-state index in [1.54, 1.807) is 0 Å². The molecule has 3 heteroatoms. The van der Waals surface area contributed by atoms with Gasteiger partial charge < -0.3 is 9.80 Å². The fourth-order valence-electron chi connectivity index (χ4n) is 6.86. The lowest BCUT2D eigenvalue weighted by Gasteiger charge is -2.27. The third kappa shape index (κ3) is 5.92. The Hall–Kier alpha value is -5.83. The molecule has 7 aromatic rings. The van der Waals surface area contributed by atoms with Gasteiger partial charge in [0.2, 0.25) is 0 Å². The second-order valence-electron chi connectivity index (χ2n) is 12.5. The number of benzene rings is 7. The molecule has 0 saturated heterocycles. The van der Waals surface area contributed by atoms with E-state index < -0.39 is 4.87 Å². The predicted molar refractivity (Wildman–Crippen MR) is 209 cm³/mol. The Morgan fingerprint density at radius 1 is 0.388 bits per heavy atom. The summed E-state index contributed by atoms with van der Waals surface area (Å²) in [5.74, 6) is 0. The van der Waals surface area contributed by atoms with E-state index in [1.165, 1.54) is 11.1 Å². The molecule has 1 unspecified atom stereocenters. The molecule has 0 aromatic heterocycles. The minimum atomic E-state index is -0.663. The topological polar surface area (TPSA) is 6.48 Å². The van der Waals surface area contributed by atoms with Crippen LogP contribution >= 0.6 is 11.6 Å². The molecule has 0 saturated carbocycles. The molecular weight excluding hydrogens is 616 g/mol. The van der Waals surface area contributed by atoms with Gasteiger partial charge in [-0.25, -0.2) is 0 Å². The van der Waals surface area contributed by atoms with E-state index in [-0.39, 0.29) is 0 Å². The standard InChI is InChI=1S/C46H35ClN2/c1-46(47)44-32-35(23-22-34-24-27-40(28-25-34)48(36-14-6-2-7-15-36)37-16-8-3-9-17-37)26-30-42(44)43-31-29-41(33-45(43)46)49(38-18-10-4-11-19-38)39-20-12-5-13-21-39/h2-33H,1H3/b23-22+. The van der Waals surface area contributed by atoms with Crippen LogP contribution in [0.2, 0.25) is 0 Å². The average Bonchev–Trinajstić information content (AvgIpc) is 3.38. The van der Waals surface area contributed by atoms with Crippen LogP contribution in [0, 0.1) is 0 Å². The van der Waals surface area contributed by atoms with Gasteiger partial charge in [-0.2, -0.15) is 0 Å². The van der Waals surface area contributed by atoms with E-state index in [2.05, 4.69) is 187 Å². The Morgan fingerprint density at radius 2 is 0.735 bits per heavy atom. The fourth-order valence-corrected chi connectivity index (χ4v) is 7.17. The zero-order valence-corrected chi connectivity index (χ0v) is 28.0. The summed E-state index contributed by atoms with van der Waals surface area (Å²) in [4.78, 5) is 3.90. The van der Waals surface area contributed by atoms with E-state index >= 15 is 0 Å². The van der Waals surface area contributed by atoms with E-state index in [4.69, 9.17) is 11.6 Å². The third-order valence-electron chi connectivity index (χ3n) is 9.28. The maximum absolute atomic E-state index is 7.49. The van der Waals surface area contributed by atoms with Crippen molar-refractivity contribution < 1.29 is 0 Å². The highest BCUT2D eigenvalue weighted by molar-refractivity contribution is 6.28. The maximum atomic E-state index is 7.49. The normalized spacial score (nSPS) is 14.7. The lowest BCUT2D eigenvalue weighted by molar-refractivity contribution is 0.851. The summed E-state index contributed by atoms with van der Waals surface area (Å²) in [6.45, 7) is 2.12. The fraction of sp³-hybridized carbons (Fsp3) is 0.0435. The summed E-state index contributed by atoms with van der Waals surface area (Å²) in [6.07, 6.45) is 4.35. The van der Waals surface area contributed by atoms with Gasteiger partial charge in [0.05, 0.1) is 4.87 Å². The smallest absolute Gasteiger partial charge is 0.0928 e. The Labute approximate surface area is 293 Å². The molecule has 1 atom stereocenters. The quantitative estimate of drug-likeness (QED) is 0.119. The number of halogens is 1. The number of fused-ring (bicyclic) bond motifs is 3. The second kappa shape index (κ2) is 13.0. The highest BCUT2D eigenvalue weighted by Crippen LogP contribution is 2.53. The summed E-state index contributed by atoms with van der Waals surface area (Å²) in [7, 11) is 0. The van der Waals surface area contributed by atoms with Gasteiger partial charge in [-0.3, -0.25) is 0 Å². The van der Waals surface area contributed by atoms with Gasteiger partial charge >= 0.3 is 0 Å². The number of hydrogen-bond donors (Lipinski definition) is 0. The van der Waals surface area contributed by atoms with Gasteiger partial charge in [-0.1, -0.05) is 115 Å². The van der Waals surface area contributed by atoms with Crippen LogP contribution in [-0.2, 0) is 4.87 Å². The minimum Gasteiger partial charge on any atom is -0.311 e. The summed E-state index contributed by atoms with van der Waals surface area (Å²) in [5.41, 5.74) is 13.5. The van der Waals surface area contributed by atoms with E-state index in [1.807, 2.05) is 24.3 Å². The van der Waals surface area contributed by atoms with Crippen molar-refractivity contribution in [2.24, 2.45) is 0 Å². The van der Waals surface area contributed by atoms with Gasteiger partial charge in [0.25, 0.3) is 0 Å². The summed E-state index contributed by atoms with van der Waals surface area (Å²) >= 11 is 7.49. The maximum Gasteiger partial charge on any atom is 0.0928 e. The molecule has 0 aliphatic heterocycles. The van der Waals surface area contributed by atoms with Crippen molar-refractivity contribution in [3.05, 3.63) is 204 Å². The van der Waals surface area contributed by atoms with Crippen molar-refractivity contribution in [1.29, 1.82) is 0 Å². The first-order chi connectivity index (χ1) is 24.1. The van der Waals surface area contributed by atoms with Crippen molar-refractivity contribution >= 4 is 57.9 Å². The predicted octanol–water partition coefficient (Wildman–Crippen LogP) is 13.3. The lowest BCUT2D eigenvalue weighted by Crippen LogP contribution is -2.14. The Kier molecular flexibility index (Phi) is 8.09. The van der Waals surface area contributed by atoms with Crippen LogP contribution in [0.1, 0.15) is 29.2 Å². The summed E-state index contributed by atoms with van der Waals surface area (Å²) < 4.78 is 0. The third-order valence-corrected chi connectivity index (χ3v) is 9.69. The lowest BCUT2D eigenvalue weighted by atomic mass is 9.96. The zero-order chi connectivity index (χ0) is 33.2. The molecule has 1 aliphatic carbocycles. The Balaban J connectivity index is 1.07. The van der Waals surface area contributed by atoms with Crippen molar-refractivity contribution in [3.8, 4) is 11.1 Å². The molecule has 49 heavy (non-hydrogen) atoms. The number of rotatable bonds is 8. The first-order valence-corrected chi connectivity index (χ1v) is 17.0. The summed E-state index contributed by atoms with van der Waals surface area (Å²) in [6, 6.07) is 64.0. The van der Waals surface area contributed by atoms with Crippen LogP contribution in [0.4, 0.5) is 34.1 Å². The molecule has 7 aromatic carbocycles. The largest absolute Gasteiger partial charge is 0.311 e. The van der Waals surface area contributed by atoms with Crippen molar-refractivity contribution in [2.75, 3.05) is 9.80 Å². The highest BCUT2D eigenvalue weighted by Gasteiger charge is 2.38. The van der Waals surface area contributed by atoms with Crippen LogP contribution in [0.25, 0.3) is 23.3 Å². The minimum absolute atomic E-state index is 0.663. The number of para-hydroxylation sites is 4. The van der Waals surface area contributed by atoms with Crippen LogP contribution in [-0.4, -0.2) is 0 Å². The van der Waals surface area contributed by atoms with E-state index in [9.17, 15) is 0 Å². The molecule has 0 bridgehead atoms. The van der Waals surface area contributed by atoms with E-state index in [0.29, 0.717) is 0 Å². The molecule has 0 spiro atoms. The average molecular weight is 651 g/mol. The number of nitrogens with zero attached hydrogens (tertiary/aromatic N) is 2. The van der Waals surface area contributed by atoms with Crippen LogP contribution in [0.5, 0.6) is 0 Å². The molecule has 0 heterocycles. The Bertz CT molecular complexity index is 2150. The van der Waals surface area contributed by atoms with Crippen molar-refractivity contribution in [2.45, 2.75) is 11.8 Å². The first kappa shape index (κ1) is 30.5. The van der Waals surface area contributed by atoms with Gasteiger partial charge in [0, 0.05) is 34.1 Å². The zero-order valence-electron chi connectivity index (χ0n) is 27.2. The number of hydrogen-bond acceptors (Lipinski definition) is 2. The van der Waals surface area contributed by atoms with Gasteiger partial charge in [-0.05, 0) is 119 Å². The van der Waals surface area contributed by atoms with Crippen LogP contribution < -0.4 is 9.80 Å². The van der Waals surface area contributed by atoms with Gasteiger partial charge in [0.15, 0.2) is 0 Å². The first-order valence-electron chi connectivity index (χ1n) is 16.6. The van der Waals surface area contributed by atoms with Crippen LogP contribution in [0.15, 0.2) is 182 Å². The molecule has 0 N–H and O–H groups in total. The molecule has 0 fully saturated rings. The highest BCUT2D eigenvalue weighted by atomic mass is 35.5. The van der Waals surface area contributed by atoms with Crippen LogP contribution in [0.3, 0.4) is 0 Å². The second-order valence-corrected chi connectivity index (χ2v) is 13.2. The molecule has 0 amide bonds. The molecule has 0 radical (unpaired) electrons. The monoisotopic (exact) mass is 650 g/mol. The molecule has 8 rings (SSSR count). The molecule has 236 valence electrons. The van der Waals surface area contributed by atoms with E-state index in [0.717, 1.165) is 56.4 Å². The molecule has 1 aliphatic rings. The Morgan fingerprint density at radius 3 is 1.22 bits per heavy atom. The van der Waals surface area contributed by atoms with Gasteiger partial charge in [0.1, 0.15) is 0 Å². The van der Waals surface area contributed by atoms with Gasteiger partial charge in [-0.15, -0.1) is 11.6 Å².